The molecule has 0 spiro atoms. The third-order valence-electron chi connectivity index (χ3n) is 2.60. The molecule has 0 atom stereocenters. The average molecular weight is 292 g/mol. The van der Waals surface area contributed by atoms with E-state index in [1.165, 1.54) is 4.88 Å². The maximum Gasteiger partial charge on any atom is 0.259 e. The third kappa shape index (κ3) is 2.62. The lowest BCUT2D eigenvalue weighted by Crippen LogP contribution is -1.89. The quantitative estimate of drug-likeness (QED) is 0.749. The zero-order valence-electron chi connectivity index (χ0n) is 9.84. The Morgan fingerprint density at radius 1 is 1.32 bits per heavy atom. The van der Waals surface area contributed by atoms with Crippen LogP contribution >= 0.6 is 22.9 Å². The van der Waals surface area contributed by atoms with Crippen LogP contribution in [0, 0.1) is 0 Å². The predicted molar refractivity (Wildman–Crippen MR) is 76.3 cm³/mol. The van der Waals surface area contributed by atoms with Crippen LogP contribution in [0.15, 0.2) is 40.2 Å². The smallest absolute Gasteiger partial charge is 0.259 e. The van der Waals surface area contributed by atoms with Gasteiger partial charge >= 0.3 is 0 Å². The average Bonchev–Trinajstić information content (AvgIpc) is 3.04. The molecule has 2 aromatic heterocycles. The Hall–Kier alpha value is -1.85. The summed E-state index contributed by atoms with van der Waals surface area (Å²) < 4.78 is 5.24. The van der Waals surface area contributed by atoms with Crippen molar-refractivity contribution in [3.63, 3.8) is 0 Å². The van der Waals surface area contributed by atoms with Gasteiger partial charge in [-0.15, -0.1) is 11.3 Å². The van der Waals surface area contributed by atoms with E-state index in [1.807, 2.05) is 17.5 Å². The number of hydrogen-bond acceptors (Lipinski definition) is 5. The second-order valence-electron chi connectivity index (χ2n) is 4.01. The first kappa shape index (κ1) is 12.2. The summed E-state index contributed by atoms with van der Waals surface area (Å²) in [4.78, 5) is 5.53. The molecule has 0 bridgehead atoms. The second kappa shape index (κ2) is 5.03. The molecule has 1 aromatic carbocycles. The first-order chi connectivity index (χ1) is 9.22. The highest BCUT2D eigenvalue weighted by Gasteiger charge is 2.13. The van der Waals surface area contributed by atoms with Crippen LogP contribution in [0.4, 0.5) is 5.69 Å². The number of hydrogen-bond donors (Lipinski definition) is 1. The second-order valence-corrected chi connectivity index (χ2v) is 5.45. The van der Waals surface area contributed by atoms with Crippen molar-refractivity contribution < 1.29 is 4.52 Å². The summed E-state index contributed by atoms with van der Waals surface area (Å²) in [6.45, 7) is 0. The van der Waals surface area contributed by atoms with E-state index in [9.17, 15) is 0 Å². The Bertz CT molecular complexity index is 694. The number of nitrogen functional groups attached to an aromatic ring is 1. The molecule has 0 aliphatic carbocycles. The van der Waals surface area contributed by atoms with Crippen LogP contribution in [0.1, 0.15) is 10.7 Å². The van der Waals surface area contributed by atoms with Crippen molar-refractivity contribution in [1.82, 2.24) is 10.1 Å². The molecule has 0 aliphatic heterocycles. The van der Waals surface area contributed by atoms with Crippen molar-refractivity contribution in [3.05, 3.63) is 51.4 Å². The standard InChI is InChI=1S/C13H10ClN3OS/c14-11-4-3-8(15)6-10(11)13-16-12(17-18-13)7-9-2-1-5-19-9/h1-6H,7,15H2. The molecule has 3 aromatic rings. The number of anilines is 1. The van der Waals surface area contributed by atoms with E-state index in [0.29, 0.717) is 34.4 Å². The van der Waals surface area contributed by atoms with Crippen molar-refractivity contribution in [3.8, 4) is 11.5 Å². The maximum atomic E-state index is 6.10. The first-order valence-electron chi connectivity index (χ1n) is 5.63. The molecule has 0 fully saturated rings. The van der Waals surface area contributed by atoms with Gasteiger partial charge in [-0.25, -0.2) is 0 Å². The molecule has 19 heavy (non-hydrogen) atoms. The third-order valence-corrected chi connectivity index (χ3v) is 3.81. The molecule has 6 heteroatoms. The van der Waals surface area contributed by atoms with Gasteiger partial charge in [-0.05, 0) is 29.6 Å². The van der Waals surface area contributed by atoms with E-state index >= 15 is 0 Å². The highest BCUT2D eigenvalue weighted by atomic mass is 35.5. The van der Waals surface area contributed by atoms with E-state index in [4.69, 9.17) is 21.9 Å². The molecule has 0 saturated heterocycles. The van der Waals surface area contributed by atoms with Crippen molar-refractivity contribution in [2.45, 2.75) is 6.42 Å². The lowest BCUT2D eigenvalue weighted by Gasteiger charge is -1.99. The normalized spacial score (nSPS) is 10.8. The Morgan fingerprint density at radius 3 is 3.00 bits per heavy atom. The SMILES string of the molecule is Nc1ccc(Cl)c(-c2nc(Cc3cccs3)no2)c1. The van der Waals surface area contributed by atoms with Crippen LogP contribution in [-0.2, 0) is 6.42 Å². The van der Waals surface area contributed by atoms with Gasteiger partial charge in [-0.3, -0.25) is 0 Å². The van der Waals surface area contributed by atoms with Gasteiger partial charge in [-0.1, -0.05) is 22.8 Å². The molecule has 2 heterocycles. The van der Waals surface area contributed by atoms with Crippen LogP contribution < -0.4 is 5.73 Å². The van der Waals surface area contributed by atoms with Crippen molar-refractivity contribution in [2.24, 2.45) is 0 Å². The number of nitrogens with zero attached hydrogens (tertiary/aromatic N) is 2. The number of thiophene rings is 1. The Balaban J connectivity index is 1.90. The minimum atomic E-state index is 0.392. The van der Waals surface area contributed by atoms with Gasteiger partial charge < -0.3 is 10.3 Å². The molecule has 96 valence electrons. The van der Waals surface area contributed by atoms with Gasteiger partial charge in [0, 0.05) is 17.0 Å². The lowest BCUT2D eigenvalue weighted by molar-refractivity contribution is 0.424. The highest BCUT2D eigenvalue weighted by molar-refractivity contribution is 7.09. The summed E-state index contributed by atoms with van der Waals surface area (Å²) in [6.07, 6.45) is 0.654. The molecule has 0 aliphatic rings. The molecular weight excluding hydrogens is 282 g/mol. The van der Waals surface area contributed by atoms with Crippen molar-refractivity contribution >= 4 is 28.6 Å². The fourth-order valence-corrected chi connectivity index (χ4v) is 2.61. The Labute approximate surface area is 118 Å². The van der Waals surface area contributed by atoms with Gasteiger partial charge in [0.1, 0.15) is 0 Å². The largest absolute Gasteiger partial charge is 0.399 e. The zero-order chi connectivity index (χ0) is 13.2. The molecule has 0 unspecified atom stereocenters. The summed E-state index contributed by atoms with van der Waals surface area (Å²) in [5, 5.41) is 6.52. The maximum absolute atomic E-state index is 6.10. The molecule has 0 radical (unpaired) electrons. The molecule has 2 N–H and O–H groups in total. The Kier molecular flexibility index (Phi) is 3.23. The number of nitrogens with two attached hydrogens (primary N) is 1. The van der Waals surface area contributed by atoms with E-state index in [0.717, 1.165) is 0 Å². The predicted octanol–water partition coefficient (Wildman–Crippen LogP) is 3.62. The summed E-state index contributed by atoms with van der Waals surface area (Å²) in [7, 11) is 0. The van der Waals surface area contributed by atoms with E-state index in [-0.39, 0.29) is 0 Å². The van der Waals surface area contributed by atoms with Crippen molar-refractivity contribution in [2.75, 3.05) is 5.73 Å². The van der Waals surface area contributed by atoms with Crippen LogP contribution in [0.2, 0.25) is 5.02 Å². The molecule has 0 amide bonds. The van der Waals surface area contributed by atoms with Crippen LogP contribution in [0.25, 0.3) is 11.5 Å². The monoisotopic (exact) mass is 291 g/mol. The first-order valence-corrected chi connectivity index (χ1v) is 6.88. The lowest BCUT2D eigenvalue weighted by atomic mass is 10.2. The number of aromatic nitrogens is 2. The summed E-state index contributed by atoms with van der Waals surface area (Å²) in [5.41, 5.74) is 7.00. The van der Waals surface area contributed by atoms with E-state index in [2.05, 4.69) is 10.1 Å². The molecule has 4 nitrogen and oxygen atoms in total. The van der Waals surface area contributed by atoms with Gasteiger partial charge in [0.15, 0.2) is 5.82 Å². The minimum Gasteiger partial charge on any atom is -0.399 e. The summed E-state index contributed by atoms with van der Waals surface area (Å²) in [6, 6.07) is 9.21. The van der Waals surface area contributed by atoms with Crippen LogP contribution in [0.3, 0.4) is 0 Å². The van der Waals surface area contributed by atoms with Crippen LogP contribution in [0.5, 0.6) is 0 Å². The summed E-state index contributed by atoms with van der Waals surface area (Å²) in [5.74, 6) is 1.03. The topological polar surface area (TPSA) is 64.9 Å². The van der Waals surface area contributed by atoms with Crippen molar-refractivity contribution in [1.29, 1.82) is 0 Å². The fourth-order valence-electron chi connectivity index (χ4n) is 1.71. The molecule has 3 rings (SSSR count). The Morgan fingerprint density at radius 2 is 2.21 bits per heavy atom. The number of benzene rings is 1. The van der Waals surface area contributed by atoms with Gasteiger partial charge in [0.2, 0.25) is 0 Å². The summed E-state index contributed by atoms with van der Waals surface area (Å²) >= 11 is 7.76. The molecule has 0 saturated carbocycles. The fraction of sp³-hybridized carbons (Fsp3) is 0.0769. The zero-order valence-corrected chi connectivity index (χ0v) is 11.4. The van der Waals surface area contributed by atoms with E-state index in [1.54, 1.807) is 29.5 Å². The van der Waals surface area contributed by atoms with Gasteiger partial charge in [-0.2, -0.15) is 4.98 Å². The number of halogens is 1. The number of rotatable bonds is 3. The highest BCUT2D eigenvalue weighted by Crippen LogP contribution is 2.28. The van der Waals surface area contributed by atoms with E-state index < -0.39 is 0 Å². The van der Waals surface area contributed by atoms with Gasteiger partial charge in [0.25, 0.3) is 5.89 Å². The molecular formula is C13H10ClN3OS. The van der Waals surface area contributed by atoms with Crippen LogP contribution in [-0.4, -0.2) is 10.1 Å². The minimum absolute atomic E-state index is 0.392. The van der Waals surface area contributed by atoms with Gasteiger partial charge in [0.05, 0.1) is 10.6 Å².